The minimum absolute atomic E-state index is 0.0258. The predicted molar refractivity (Wildman–Crippen MR) is 37.2 cm³/mol. The average Bonchev–Trinajstić information content (AvgIpc) is 2.12. The van der Waals surface area contributed by atoms with Crippen LogP contribution in [-0.2, 0) is 4.79 Å². The van der Waals surface area contributed by atoms with Crippen LogP contribution in [0.15, 0.2) is 0 Å². The number of carbonyl (C=O) groups is 1. The van der Waals surface area contributed by atoms with E-state index in [1.54, 1.807) is 0 Å². The molecule has 4 atom stereocenters. The fourth-order valence-corrected chi connectivity index (χ4v) is 0.618. The van der Waals surface area contributed by atoms with Gasteiger partial charge in [-0.15, -0.1) is 0 Å². The summed E-state index contributed by atoms with van der Waals surface area (Å²) in [7, 11) is 0. The molecule has 6 nitrogen and oxygen atoms in total. The normalized spacial score (nSPS) is 21.1. The van der Waals surface area contributed by atoms with Crippen LogP contribution in [0.4, 0.5) is 0 Å². The minimum atomic E-state index is -1.79. The molecule has 0 spiro atoms. The van der Waals surface area contributed by atoms with Crippen LogP contribution >= 0.6 is 0 Å². The van der Waals surface area contributed by atoms with E-state index in [-0.39, 0.29) is 6.29 Å². The van der Waals surface area contributed by atoms with Crippen molar-refractivity contribution in [1.82, 2.24) is 0 Å². The molecule has 0 aliphatic carbocycles. The third kappa shape index (κ3) is 2.84. The molecule has 0 radical (unpaired) electrons. The van der Waals surface area contributed by atoms with E-state index in [2.05, 4.69) is 0 Å². The molecule has 0 aromatic carbocycles. The molecule has 0 unspecified atom stereocenters. The first-order chi connectivity index (χ1) is 5.54. The highest BCUT2D eigenvalue weighted by Gasteiger charge is 2.29. The molecule has 72 valence electrons. The lowest BCUT2D eigenvalue weighted by Crippen LogP contribution is -2.46. The van der Waals surface area contributed by atoms with Crippen molar-refractivity contribution in [3.05, 3.63) is 0 Å². The van der Waals surface area contributed by atoms with Crippen LogP contribution in [0, 0.1) is 0 Å². The van der Waals surface area contributed by atoms with E-state index in [4.69, 9.17) is 25.5 Å². The Morgan fingerprint density at radius 3 is 1.92 bits per heavy atom. The van der Waals surface area contributed by atoms with Gasteiger partial charge in [0.1, 0.15) is 24.4 Å². The molecule has 0 aliphatic rings. The molecule has 0 rings (SSSR count). The molecule has 0 fully saturated rings. The summed E-state index contributed by atoms with van der Waals surface area (Å²) in [5.74, 6) is 0. The smallest absolute Gasteiger partial charge is 0.151 e. The van der Waals surface area contributed by atoms with Gasteiger partial charge >= 0.3 is 0 Å². The van der Waals surface area contributed by atoms with E-state index in [0.29, 0.717) is 0 Å². The third-order valence-electron chi connectivity index (χ3n) is 1.42. The van der Waals surface area contributed by atoms with E-state index < -0.39 is 31.0 Å². The predicted octanol–water partition coefficient (Wildman–Crippen LogP) is -3.38. The van der Waals surface area contributed by atoms with Crippen LogP contribution in [0.2, 0.25) is 0 Å². The van der Waals surface area contributed by atoms with E-state index in [1.165, 1.54) is 0 Å². The van der Waals surface area contributed by atoms with Crippen molar-refractivity contribution < 1.29 is 30.3 Å². The van der Waals surface area contributed by atoms with Gasteiger partial charge in [0, 0.05) is 0 Å². The first kappa shape index (κ1) is 11.5. The molecule has 6 heteroatoms. The van der Waals surface area contributed by atoms with Crippen molar-refractivity contribution in [3.63, 3.8) is 0 Å². The molecule has 0 aromatic heterocycles. The lowest BCUT2D eigenvalue weighted by Gasteiger charge is -2.22. The fraction of sp³-hybridized carbons (Fsp3) is 0.833. The first-order valence-corrected chi connectivity index (χ1v) is 3.33. The Labute approximate surface area is 68.7 Å². The molecule has 0 aliphatic heterocycles. The second kappa shape index (κ2) is 5.18. The largest absolute Gasteiger partial charge is 0.394 e. The first-order valence-electron chi connectivity index (χ1n) is 3.33. The molecule has 0 saturated carbocycles. The number of carbonyl (C=O) groups excluding carboxylic acids is 1. The van der Waals surface area contributed by atoms with Crippen molar-refractivity contribution in [2.45, 2.75) is 24.4 Å². The van der Waals surface area contributed by atoms with Gasteiger partial charge in [0.2, 0.25) is 0 Å². The van der Waals surface area contributed by atoms with Gasteiger partial charge in [0.05, 0.1) is 6.61 Å². The van der Waals surface area contributed by atoms with E-state index in [9.17, 15) is 4.79 Å². The molecule has 0 saturated heterocycles. The molecule has 0 bridgehead atoms. The second-order valence-corrected chi connectivity index (χ2v) is 2.36. The quantitative estimate of drug-likeness (QED) is 0.223. The Morgan fingerprint density at radius 2 is 1.58 bits per heavy atom. The highest BCUT2D eigenvalue weighted by atomic mass is 16.4. The van der Waals surface area contributed by atoms with Crippen LogP contribution in [0.25, 0.3) is 0 Å². The van der Waals surface area contributed by atoms with Gasteiger partial charge in [0.25, 0.3) is 0 Å². The van der Waals surface area contributed by atoms with Gasteiger partial charge in [-0.25, -0.2) is 0 Å². The fourth-order valence-electron chi connectivity index (χ4n) is 0.618. The molecule has 12 heavy (non-hydrogen) atoms. The summed E-state index contributed by atoms with van der Waals surface area (Å²) in [6.45, 7) is -0.760. The minimum Gasteiger partial charge on any atom is -0.394 e. The van der Waals surface area contributed by atoms with E-state index in [1.807, 2.05) is 0 Å². The van der Waals surface area contributed by atoms with Gasteiger partial charge < -0.3 is 30.3 Å². The van der Waals surface area contributed by atoms with Crippen LogP contribution in [0.5, 0.6) is 0 Å². The Kier molecular flexibility index (Phi) is 4.95. The summed E-state index contributed by atoms with van der Waals surface area (Å²) in [5.41, 5.74) is 0. The van der Waals surface area contributed by atoms with Crippen LogP contribution in [-0.4, -0.2) is 62.8 Å². The third-order valence-corrected chi connectivity index (χ3v) is 1.42. The van der Waals surface area contributed by atoms with E-state index in [0.717, 1.165) is 0 Å². The van der Waals surface area contributed by atoms with Crippen LogP contribution in [0.1, 0.15) is 0 Å². The number of aliphatic hydroxyl groups is 5. The summed E-state index contributed by atoms with van der Waals surface area (Å²) in [6, 6.07) is 0. The van der Waals surface area contributed by atoms with Crippen molar-refractivity contribution in [1.29, 1.82) is 0 Å². The van der Waals surface area contributed by atoms with Crippen LogP contribution in [0.3, 0.4) is 0 Å². The summed E-state index contributed by atoms with van der Waals surface area (Å²) in [6.07, 6.45) is -6.84. The van der Waals surface area contributed by atoms with Gasteiger partial charge in [-0.05, 0) is 0 Å². The lowest BCUT2D eigenvalue weighted by molar-refractivity contribution is -0.136. The lowest BCUT2D eigenvalue weighted by atomic mass is 10.1. The summed E-state index contributed by atoms with van der Waals surface area (Å²) in [5, 5.41) is 43.5. The van der Waals surface area contributed by atoms with Crippen molar-refractivity contribution >= 4 is 6.29 Å². The molecule has 0 aromatic rings. The van der Waals surface area contributed by atoms with Crippen molar-refractivity contribution in [2.75, 3.05) is 6.61 Å². The number of hydrogen-bond donors (Lipinski definition) is 5. The highest BCUT2D eigenvalue weighted by molar-refractivity contribution is 5.56. The van der Waals surface area contributed by atoms with Gasteiger partial charge in [-0.2, -0.15) is 0 Å². The highest BCUT2D eigenvalue weighted by Crippen LogP contribution is 2.02. The zero-order valence-corrected chi connectivity index (χ0v) is 6.24. The summed E-state index contributed by atoms with van der Waals surface area (Å²) >= 11 is 0. The van der Waals surface area contributed by atoms with Gasteiger partial charge in [0.15, 0.2) is 6.29 Å². The zero-order valence-electron chi connectivity index (χ0n) is 6.24. The summed E-state index contributed by atoms with van der Waals surface area (Å²) < 4.78 is 0. The number of hydrogen-bond acceptors (Lipinski definition) is 6. The van der Waals surface area contributed by atoms with Crippen molar-refractivity contribution in [3.8, 4) is 0 Å². The van der Waals surface area contributed by atoms with Gasteiger partial charge in [-0.3, -0.25) is 0 Å². The molecule has 5 N–H and O–H groups in total. The van der Waals surface area contributed by atoms with Gasteiger partial charge in [-0.1, -0.05) is 0 Å². The molecule has 0 amide bonds. The van der Waals surface area contributed by atoms with Crippen LogP contribution < -0.4 is 0 Å². The Balaban J connectivity index is 4.07. The Morgan fingerprint density at radius 1 is 1.08 bits per heavy atom. The zero-order chi connectivity index (χ0) is 9.72. The molecule has 0 heterocycles. The second-order valence-electron chi connectivity index (χ2n) is 2.36. The molecular formula is C6H12O6. The number of aliphatic hydroxyl groups excluding tert-OH is 5. The van der Waals surface area contributed by atoms with Crippen molar-refractivity contribution in [2.24, 2.45) is 0 Å². The molecular weight excluding hydrogens is 170 g/mol. The average molecular weight is 182 g/mol. The monoisotopic (exact) mass is 182 g/mol. The summed E-state index contributed by atoms with van der Waals surface area (Å²) in [4.78, 5) is 9.90. The number of rotatable bonds is 5. The maximum Gasteiger partial charge on any atom is 0.151 e. The topological polar surface area (TPSA) is 118 Å². The Hall–Kier alpha value is -0.530. The Bertz CT molecular complexity index is 138. The maximum atomic E-state index is 9.90. The number of aldehydes is 1. The maximum absolute atomic E-state index is 9.90. The van der Waals surface area contributed by atoms with E-state index >= 15 is 0 Å². The SMILES string of the molecule is O=[13CH][13C@H](O)[C@@H](O)[C@@H](O)[C@H](O)CO. The standard InChI is InChI=1S/C6H12O6/c7-1-3(9)5(11)6(12)4(10)2-8/h1,3-6,8-12H,2H2/t3-,4+,5+,6-/m0/s1/i1+1,3+1.